The van der Waals surface area contributed by atoms with Crippen LogP contribution in [0.4, 0.5) is 0 Å². The van der Waals surface area contributed by atoms with E-state index in [1.54, 1.807) is 6.26 Å². The molecule has 2 nitrogen and oxygen atoms in total. The van der Waals surface area contributed by atoms with E-state index in [1.165, 1.54) is 0 Å². The van der Waals surface area contributed by atoms with E-state index in [1.807, 2.05) is 6.07 Å². The van der Waals surface area contributed by atoms with E-state index < -0.39 is 0 Å². The van der Waals surface area contributed by atoms with Gasteiger partial charge in [-0.3, -0.25) is 0 Å². The van der Waals surface area contributed by atoms with E-state index in [4.69, 9.17) is 4.42 Å². The van der Waals surface area contributed by atoms with Crippen molar-refractivity contribution in [2.75, 3.05) is 0 Å². The minimum atomic E-state index is 0.512. The molecule has 72 valence electrons. The minimum Gasteiger partial charge on any atom is -0.468 e. The highest BCUT2D eigenvalue weighted by molar-refractivity contribution is 9.10. The lowest BCUT2D eigenvalue weighted by atomic mass is 9.98. The molecular formula is C10H14BrNO. The van der Waals surface area contributed by atoms with Crippen molar-refractivity contribution in [2.24, 2.45) is 0 Å². The highest BCUT2D eigenvalue weighted by Crippen LogP contribution is 2.35. The van der Waals surface area contributed by atoms with Gasteiger partial charge in [0.05, 0.1) is 10.7 Å². The summed E-state index contributed by atoms with van der Waals surface area (Å²) in [5.74, 6) is 1.60. The van der Waals surface area contributed by atoms with Crippen molar-refractivity contribution < 1.29 is 4.42 Å². The quantitative estimate of drug-likeness (QED) is 0.821. The van der Waals surface area contributed by atoms with Crippen LogP contribution < -0.4 is 5.32 Å². The molecule has 3 heteroatoms. The number of hydrogen-bond acceptors (Lipinski definition) is 2. The van der Waals surface area contributed by atoms with Crippen molar-refractivity contribution in [1.29, 1.82) is 0 Å². The van der Waals surface area contributed by atoms with Gasteiger partial charge in [0.25, 0.3) is 0 Å². The van der Waals surface area contributed by atoms with Crippen molar-refractivity contribution >= 4 is 15.9 Å². The molecule has 0 aliphatic carbocycles. The van der Waals surface area contributed by atoms with Gasteiger partial charge in [-0.2, -0.15) is 0 Å². The first-order valence-electron chi connectivity index (χ1n) is 4.67. The Hall–Kier alpha value is -0.280. The van der Waals surface area contributed by atoms with Crippen LogP contribution in [-0.4, -0.2) is 12.1 Å². The molecule has 1 saturated heterocycles. The van der Waals surface area contributed by atoms with Gasteiger partial charge < -0.3 is 9.73 Å². The molecule has 2 rings (SSSR count). The van der Waals surface area contributed by atoms with Crippen LogP contribution in [0.3, 0.4) is 0 Å². The molecule has 3 atom stereocenters. The van der Waals surface area contributed by atoms with Gasteiger partial charge in [-0.1, -0.05) is 0 Å². The highest BCUT2D eigenvalue weighted by atomic mass is 79.9. The van der Waals surface area contributed by atoms with Crippen molar-refractivity contribution in [2.45, 2.75) is 38.3 Å². The van der Waals surface area contributed by atoms with Gasteiger partial charge >= 0.3 is 0 Å². The van der Waals surface area contributed by atoms with Crippen LogP contribution in [-0.2, 0) is 0 Å². The predicted molar refractivity (Wildman–Crippen MR) is 55.8 cm³/mol. The Morgan fingerprint density at radius 3 is 2.77 bits per heavy atom. The molecular weight excluding hydrogens is 230 g/mol. The molecule has 1 N–H and O–H groups in total. The SMILES string of the molecule is CC1CC(c2occc2Br)C(C)N1. The van der Waals surface area contributed by atoms with Gasteiger partial charge in [-0.05, 0) is 42.3 Å². The summed E-state index contributed by atoms with van der Waals surface area (Å²) in [7, 11) is 0. The van der Waals surface area contributed by atoms with E-state index in [0.717, 1.165) is 16.7 Å². The third-order valence-corrected chi connectivity index (χ3v) is 3.40. The van der Waals surface area contributed by atoms with Gasteiger partial charge in [0.2, 0.25) is 0 Å². The van der Waals surface area contributed by atoms with Crippen molar-refractivity contribution in [1.82, 2.24) is 5.32 Å². The molecule has 1 aliphatic heterocycles. The molecule has 13 heavy (non-hydrogen) atoms. The van der Waals surface area contributed by atoms with Crippen molar-refractivity contribution in [3.63, 3.8) is 0 Å². The molecule has 0 aromatic carbocycles. The number of nitrogens with one attached hydrogen (secondary N) is 1. The first kappa shape index (κ1) is 9.28. The van der Waals surface area contributed by atoms with E-state index in [-0.39, 0.29) is 0 Å². The van der Waals surface area contributed by atoms with Crippen LogP contribution >= 0.6 is 15.9 Å². The Morgan fingerprint density at radius 1 is 1.54 bits per heavy atom. The molecule has 3 unspecified atom stereocenters. The van der Waals surface area contributed by atoms with E-state index in [2.05, 4.69) is 35.1 Å². The zero-order valence-corrected chi connectivity index (χ0v) is 9.47. The Labute approximate surface area is 86.8 Å². The summed E-state index contributed by atoms with van der Waals surface area (Å²) in [6, 6.07) is 3.07. The topological polar surface area (TPSA) is 25.2 Å². The smallest absolute Gasteiger partial charge is 0.122 e. The summed E-state index contributed by atoms with van der Waals surface area (Å²) >= 11 is 3.50. The molecule has 0 amide bonds. The van der Waals surface area contributed by atoms with Gasteiger partial charge in [-0.25, -0.2) is 0 Å². The first-order chi connectivity index (χ1) is 6.18. The van der Waals surface area contributed by atoms with Crippen LogP contribution in [0, 0.1) is 0 Å². The Balaban J connectivity index is 2.22. The molecule has 0 spiro atoms. The Bertz CT molecular complexity index is 297. The van der Waals surface area contributed by atoms with Crippen LogP contribution in [0.25, 0.3) is 0 Å². The molecule has 1 aromatic rings. The van der Waals surface area contributed by atoms with Crippen molar-refractivity contribution in [3.05, 3.63) is 22.6 Å². The zero-order chi connectivity index (χ0) is 9.42. The summed E-state index contributed by atoms with van der Waals surface area (Å²) in [5.41, 5.74) is 0. The monoisotopic (exact) mass is 243 g/mol. The number of rotatable bonds is 1. The fourth-order valence-corrected chi connectivity index (χ4v) is 2.62. The molecule has 1 aromatic heterocycles. The molecule has 0 radical (unpaired) electrons. The second kappa shape index (κ2) is 3.46. The lowest BCUT2D eigenvalue weighted by molar-refractivity contribution is 0.440. The van der Waals surface area contributed by atoms with E-state index in [9.17, 15) is 0 Å². The van der Waals surface area contributed by atoms with Crippen molar-refractivity contribution in [3.8, 4) is 0 Å². The third kappa shape index (κ3) is 1.67. The first-order valence-corrected chi connectivity index (χ1v) is 5.46. The molecule has 0 bridgehead atoms. The minimum absolute atomic E-state index is 0.512. The fraction of sp³-hybridized carbons (Fsp3) is 0.600. The van der Waals surface area contributed by atoms with E-state index >= 15 is 0 Å². The molecule has 1 fully saturated rings. The average molecular weight is 244 g/mol. The number of halogens is 1. The van der Waals surface area contributed by atoms with Gasteiger partial charge in [0.15, 0.2) is 0 Å². The van der Waals surface area contributed by atoms with Crippen LogP contribution in [0.5, 0.6) is 0 Å². The van der Waals surface area contributed by atoms with Gasteiger partial charge in [0.1, 0.15) is 5.76 Å². The van der Waals surface area contributed by atoms with E-state index in [0.29, 0.717) is 18.0 Å². The second-order valence-corrected chi connectivity index (χ2v) is 4.69. The summed E-state index contributed by atoms with van der Waals surface area (Å²) in [6.07, 6.45) is 2.91. The standard InChI is InChI=1S/C10H14BrNO/c1-6-5-8(7(2)12-6)10-9(11)3-4-13-10/h3-4,6-8,12H,5H2,1-2H3. The van der Waals surface area contributed by atoms with Gasteiger partial charge in [-0.15, -0.1) is 0 Å². The zero-order valence-electron chi connectivity index (χ0n) is 7.88. The molecule has 1 aliphatic rings. The van der Waals surface area contributed by atoms with Gasteiger partial charge in [0, 0.05) is 18.0 Å². The second-order valence-electron chi connectivity index (χ2n) is 3.83. The summed E-state index contributed by atoms with van der Waals surface area (Å²) < 4.78 is 6.58. The summed E-state index contributed by atoms with van der Waals surface area (Å²) in [4.78, 5) is 0. The molecule has 0 saturated carbocycles. The Morgan fingerprint density at radius 2 is 2.31 bits per heavy atom. The van der Waals surface area contributed by atoms with Crippen LogP contribution in [0.1, 0.15) is 31.9 Å². The maximum Gasteiger partial charge on any atom is 0.122 e. The largest absolute Gasteiger partial charge is 0.468 e. The predicted octanol–water partition coefficient (Wildman–Crippen LogP) is 2.90. The highest BCUT2D eigenvalue weighted by Gasteiger charge is 2.32. The summed E-state index contributed by atoms with van der Waals surface area (Å²) in [6.45, 7) is 4.43. The number of hydrogen-bond donors (Lipinski definition) is 1. The molecule has 2 heterocycles. The average Bonchev–Trinajstić information content (AvgIpc) is 2.58. The lowest BCUT2D eigenvalue weighted by Crippen LogP contribution is -2.26. The maximum absolute atomic E-state index is 5.48. The number of furan rings is 1. The van der Waals surface area contributed by atoms with Crippen LogP contribution in [0.15, 0.2) is 21.2 Å². The lowest BCUT2D eigenvalue weighted by Gasteiger charge is -2.12. The summed E-state index contributed by atoms with van der Waals surface area (Å²) in [5, 5.41) is 3.50. The fourth-order valence-electron chi connectivity index (χ4n) is 2.12. The Kier molecular flexibility index (Phi) is 2.47. The maximum atomic E-state index is 5.48. The normalized spacial score (nSPS) is 33.9. The van der Waals surface area contributed by atoms with Crippen LogP contribution in [0.2, 0.25) is 0 Å². The third-order valence-electron chi connectivity index (χ3n) is 2.74.